The van der Waals surface area contributed by atoms with E-state index >= 15 is 0 Å². The standard InChI is InChI=1S/C22H26N2O2/c1-22(2,3)14-20(25)23-19-10-9-16-11-12-24(15-18(16)13-19)21(26)17-7-5-4-6-8-17/h4-10,13H,11-12,14-15H2,1-3H3,(H,23,25). The number of fused-ring (bicyclic) bond motifs is 1. The van der Waals surface area contributed by atoms with Crippen molar-refractivity contribution in [2.45, 2.75) is 40.2 Å². The summed E-state index contributed by atoms with van der Waals surface area (Å²) >= 11 is 0. The van der Waals surface area contributed by atoms with Gasteiger partial charge in [-0.05, 0) is 47.2 Å². The molecule has 26 heavy (non-hydrogen) atoms. The van der Waals surface area contributed by atoms with Crippen LogP contribution < -0.4 is 5.32 Å². The van der Waals surface area contributed by atoms with E-state index in [9.17, 15) is 9.59 Å². The van der Waals surface area contributed by atoms with E-state index in [0.717, 1.165) is 24.2 Å². The smallest absolute Gasteiger partial charge is 0.254 e. The zero-order chi connectivity index (χ0) is 18.7. The van der Waals surface area contributed by atoms with Crippen LogP contribution in [0.1, 0.15) is 48.7 Å². The Morgan fingerprint density at radius 1 is 1.04 bits per heavy atom. The van der Waals surface area contributed by atoms with E-state index in [1.807, 2.05) is 68.1 Å². The van der Waals surface area contributed by atoms with Gasteiger partial charge >= 0.3 is 0 Å². The average Bonchev–Trinajstić information content (AvgIpc) is 2.59. The van der Waals surface area contributed by atoms with E-state index in [2.05, 4.69) is 11.4 Å². The minimum Gasteiger partial charge on any atom is -0.334 e. The van der Waals surface area contributed by atoms with Gasteiger partial charge in [-0.15, -0.1) is 0 Å². The lowest BCUT2D eigenvalue weighted by Gasteiger charge is -2.29. The molecule has 4 nitrogen and oxygen atoms in total. The first-order chi connectivity index (χ1) is 12.3. The molecule has 2 amide bonds. The molecule has 0 saturated heterocycles. The number of carbonyl (C=O) groups is 2. The van der Waals surface area contributed by atoms with E-state index in [-0.39, 0.29) is 17.2 Å². The minimum atomic E-state index is -0.0445. The summed E-state index contributed by atoms with van der Waals surface area (Å²) in [7, 11) is 0. The molecule has 0 fully saturated rings. The van der Waals surface area contributed by atoms with Gasteiger partial charge in [-0.2, -0.15) is 0 Å². The molecule has 0 aromatic heterocycles. The average molecular weight is 350 g/mol. The summed E-state index contributed by atoms with van der Waals surface area (Å²) in [6.45, 7) is 7.44. The highest BCUT2D eigenvalue weighted by Crippen LogP contribution is 2.25. The molecule has 0 saturated carbocycles. The number of benzene rings is 2. The molecule has 0 bridgehead atoms. The van der Waals surface area contributed by atoms with E-state index in [0.29, 0.717) is 18.5 Å². The van der Waals surface area contributed by atoms with Crippen LogP contribution in [-0.2, 0) is 17.8 Å². The van der Waals surface area contributed by atoms with Crippen molar-refractivity contribution in [2.24, 2.45) is 5.41 Å². The Morgan fingerprint density at radius 3 is 2.46 bits per heavy atom. The van der Waals surface area contributed by atoms with Crippen molar-refractivity contribution in [3.8, 4) is 0 Å². The quantitative estimate of drug-likeness (QED) is 0.899. The molecule has 136 valence electrons. The highest BCUT2D eigenvalue weighted by atomic mass is 16.2. The van der Waals surface area contributed by atoms with Crippen LogP contribution in [0.5, 0.6) is 0 Å². The highest BCUT2D eigenvalue weighted by molar-refractivity contribution is 5.94. The first-order valence-electron chi connectivity index (χ1n) is 9.08. The molecule has 0 spiro atoms. The molecule has 0 radical (unpaired) electrons. The number of nitrogens with one attached hydrogen (secondary N) is 1. The fourth-order valence-electron chi connectivity index (χ4n) is 3.26. The number of hydrogen-bond donors (Lipinski definition) is 1. The number of nitrogens with zero attached hydrogens (tertiary/aromatic N) is 1. The van der Waals surface area contributed by atoms with E-state index in [1.54, 1.807) is 0 Å². The Balaban J connectivity index is 1.72. The molecule has 1 N–H and O–H groups in total. The Bertz CT molecular complexity index is 807. The van der Waals surface area contributed by atoms with Gasteiger partial charge in [0.05, 0.1) is 0 Å². The van der Waals surface area contributed by atoms with Crippen LogP contribution >= 0.6 is 0 Å². The van der Waals surface area contributed by atoms with Crippen LogP contribution in [0.15, 0.2) is 48.5 Å². The molecule has 1 aliphatic rings. The fraction of sp³-hybridized carbons (Fsp3) is 0.364. The number of anilines is 1. The number of hydrogen-bond acceptors (Lipinski definition) is 2. The summed E-state index contributed by atoms with van der Waals surface area (Å²) < 4.78 is 0. The molecule has 2 aromatic carbocycles. The SMILES string of the molecule is CC(C)(C)CC(=O)Nc1ccc2c(c1)CN(C(=O)c1ccccc1)CC2. The molecule has 0 unspecified atom stereocenters. The van der Waals surface area contributed by atoms with E-state index in [4.69, 9.17) is 0 Å². The lowest BCUT2D eigenvalue weighted by Crippen LogP contribution is -2.36. The van der Waals surface area contributed by atoms with Gasteiger partial charge < -0.3 is 10.2 Å². The topological polar surface area (TPSA) is 49.4 Å². The lowest BCUT2D eigenvalue weighted by atomic mass is 9.92. The van der Waals surface area contributed by atoms with Crippen molar-refractivity contribution in [1.29, 1.82) is 0 Å². The second-order valence-electron chi connectivity index (χ2n) is 8.11. The van der Waals surface area contributed by atoms with E-state index < -0.39 is 0 Å². The molecular weight excluding hydrogens is 324 g/mol. The number of rotatable bonds is 3. The summed E-state index contributed by atoms with van der Waals surface area (Å²) in [4.78, 5) is 26.7. The molecule has 0 atom stereocenters. The first kappa shape index (κ1) is 18.2. The van der Waals surface area contributed by atoms with Crippen LogP contribution in [0.3, 0.4) is 0 Å². The molecule has 3 rings (SSSR count). The van der Waals surface area contributed by atoms with E-state index in [1.165, 1.54) is 5.56 Å². The zero-order valence-corrected chi connectivity index (χ0v) is 15.7. The predicted octanol–water partition coefficient (Wildman–Crippen LogP) is 4.26. The van der Waals surface area contributed by atoms with Gasteiger partial charge in [0, 0.05) is 30.8 Å². The van der Waals surface area contributed by atoms with Gasteiger partial charge in [0.25, 0.3) is 5.91 Å². The second-order valence-corrected chi connectivity index (χ2v) is 8.11. The van der Waals surface area contributed by atoms with Crippen molar-refractivity contribution in [3.63, 3.8) is 0 Å². The second kappa shape index (κ2) is 7.32. The van der Waals surface area contributed by atoms with Gasteiger partial charge in [-0.25, -0.2) is 0 Å². The number of carbonyl (C=O) groups excluding carboxylic acids is 2. The lowest BCUT2D eigenvalue weighted by molar-refractivity contribution is -0.117. The first-order valence-corrected chi connectivity index (χ1v) is 9.08. The predicted molar refractivity (Wildman–Crippen MR) is 104 cm³/mol. The maximum atomic E-state index is 12.7. The summed E-state index contributed by atoms with van der Waals surface area (Å²) in [6, 6.07) is 15.4. The molecule has 4 heteroatoms. The minimum absolute atomic E-state index is 0.0190. The summed E-state index contributed by atoms with van der Waals surface area (Å²) in [5.74, 6) is 0.0731. The van der Waals surface area contributed by atoms with Gasteiger partial charge in [0.1, 0.15) is 0 Å². The third-order valence-corrected chi connectivity index (χ3v) is 4.50. The van der Waals surface area contributed by atoms with Gasteiger partial charge in [0.15, 0.2) is 0 Å². The molecule has 0 aliphatic carbocycles. The third kappa shape index (κ3) is 4.51. The molecule has 2 aromatic rings. The maximum absolute atomic E-state index is 12.7. The summed E-state index contributed by atoms with van der Waals surface area (Å²) in [6.07, 6.45) is 1.31. The number of amides is 2. The fourth-order valence-corrected chi connectivity index (χ4v) is 3.26. The Labute approximate surface area is 155 Å². The Morgan fingerprint density at radius 2 is 1.77 bits per heavy atom. The summed E-state index contributed by atoms with van der Waals surface area (Å²) in [5.41, 5.74) is 3.82. The van der Waals surface area contributed by atoms with Crippen LogP contribution in [-0.4, -0.2) is 23.3 Å². The van der Waals surface area contributed by atoms with Crippen molar-refractivity contribution in [2.75, 3.05) is 11.9 Å². The molecular formula is C22H26N2O2. The monoisotopic (exact) mass is 350 g/mol. The normalized spacial score (nSPS) is 13.9. The van der Waals surface area contributed by atoms with Crippen LogP contribution in [0.4, 0.5) is 5.69 Å². The Kier molecular flexibility index (Phi) is 5.12. The van der Waals surface area contributed by atoms with Gasteiger partial charge in [0.2, 0.25) is 5.91 Å². The molecule has 1 aliphatic heterocycles. The largest absolute Gasteiger partial charge is 0.334 e. The van der Waals surface area contributed by atoms with Crippen molar-refractivity contribution >= 4 is 17.5 Å². The highest BCUT2D eigenvalue weighted by Gasteiger charge is 2.22. The third-order valence-electron chi connectivity index (χ3n) is 4.50. The van der Waals surface area contributed by atoms with Gasteiger partial charge in [-0.3, -0.25) is 9.59 Å². The van der Waals surface area contributed by atoms with Crippen LogP contribution in [0, 0.1) is 5.41 Å². The summed E-state index contributed by atoms with van der Waals surface area (Å²) in [5, 5.41) is 2.98. The molecule has 1 heterocycles. The van der Waals surface area contributed by atoms with Crippen molar-refractivity contribution < 1.29 is 9.59 Å². The van der Waals surface area contributed by atoms with Gasteiger partial charge in [-0.1, -0.05) is 45.0 Å². The van der Waals surface area contributed by atoms with Crippen LogP contribution in [0.2, 0.25) is 0 Å². The Hall–Kier alpha value is -2.62. The van der Waals surface area contributed by atoms with Crippen LogP contribution in [0.25, 0.3) is 0 Å². The van der Waals surface area contributed by atoms with Crippen molar-refractivity contribution in [1.82, 2.24) is 4.90 Å². The maximum Gasteiger partial charge on any atom is 0.254 e. The van der Waals surface area contributed by atoms with Crippen molar-refractivity contribution in [3.05, 3.63) is 65.2 Å². The zero-order valence-electron chi connectivity index (χ0n) is 15.7.